The van der Waals surface area contributed by atoms with Crippen molar-refractivity contribution in [3.05, 3.63) is 24.0 Å². The van der Waals surface area contributed by atoms with Crippen molar-refractivity contribution in [1.82, 2.24) is 4.57 Å². The fourth-order valence-corrected chi connectivity index (χ4v) is 1.49. The first kappa shape index (κ1) is 11.0. The van der Waals surface area contributed by atoms with Gasteiger partial charge in [0.25, 0.3) is 0 Å². The topological polar surface area (TPSA) is 42.2 Å². The lowest BCUT2D eigenvalue weighted by Crippen LogP contribution is -2.00. The van der Waals surface area contributed by atoms with Crippen molar-refractivity contribution < 1.29 is 9.90 Å². The van der Waals surface area contributed by atoms with Crippen molar-refractivity contribution in [1.29, 1.82) is 0 Å². The molecular formula is C11H17NO2. The summed E-state index contributed by atoms with van der Waals surface area (Å²) in [6.45, 7) is 1.18. The molecule has 1 aromatic heterocycles. The standard InChI is InChI=1S/C11H17NO2/c13-9-4-2-1-3-7-12-8-5-6-11(12)10-14/h5-6,8,10,13H,1-4,7,9H2. The predicted molar refractivity (Wildman–Crippen MR) is 55.4 cm³/mol. The van der Waals surface area contributed by atoms with Gasteiger partial charge in [-0.15, -0.1) is 0 Å². The van der Waals surface area contributed by atoms with E-state index in [0.29, 0.717) is 0 Å². The van der Waals surface area contributed by atoms with Gasteiger partial charge in [-0.2, -0.15) is 0 Å². The lowest BCUT2D eigenvalue weighted by atomic mass is 10.2. The number of aliphatic hydroxyl groups is 1. The molecule has 0 atom stereocenters. The van der Waals surface area contributed by atoms with Crippen molar-refractivity contribution >= 4 is 6.29 Å². The quantitative estimate of drug-likeness (QED) is 0.533. The maximum atomic E-state index is 10.6. The molecule has 0 saturated carbocycles. The molecule has 78 valence electrons. The van der Waals surface area contributed by atoms with E-state index in [1.165, 1.54) is 0 Å². The number of hydrogen-bond acceptors (Lipinski definition) is 2. The van der Waals surface area contributed by atoms with Crippen LogP contribution in [0.4, 0.5) is 0 Å². The molecule has 0 aliphatic rings. The molecule has 0 aliphatic carbocycles. The maximum Gasteiger partial charge on any atom is 0.166 e. The molecule has 3 nitrogen and oxygen atoms in total. The first-order chi connectivity index (χ1) is 6.88. The second-order valence-electron chi connectivity index (χ2n) is 3.38. The molecule has 1 heterocycles. The van der Waals surface area contributed by atoms with Gasteiger partial charge < -0.3 is 9.67 Å². The summed E-state index contributed by atoms with van der Waals surface area (Å²) in [5, 5.41) is 8.58. The van der Waals surface area contributed by atoms with Gasteiger partial charge in [-0.25, -0.2) is 0 Å². The highest BCUT2D eigenvalue weighted by Crippen LogP contribution is 2.05. The van der Waals surface area contributed by atoms with Crippen LogP contribution in [0.15, 0.2) is 18.3 Å². The Morgan fingerprint density at radius 2 is 2.07 bits per heavy atom. The van der Waals surface area contributed by atoms with E-state index >= 15 is 0 Å². The molecule has 0 aromatic carbocycles. The van der Waals surface area contributed by atoms with E-state index in [-0.39, 0.29) is 6.61 Å². The smallest absolute Gasteiger partial charge is 0.166 e. The minimum atomic E-state index is 0.281. The molecule has 14 heavy (non-hydrogen) atoms. The highest BCUT2D eigenvalue weighted by atomic mass is 16.2. The third kappa shape index (κ3) is 3.34. The van der Waals surface area contributed by atoms with Gasteiger partial charge in [-0.1, -0.05) is 12.8 Å². The van der Waals surface area contributed by atoms with Crippen molar-refractivity contribution in [2.45, 2.75) is 32.2 Å². The molecule has 0 unspecified atom stereocenters. The summed E-state index contributed by atoms with van der Waals surface area (Å²) in [6, 6.07) is 3.71. The largest absolute Gasteiger partial charge is 0.396 e. The van der Waals surface area contributed by atoms with Crippen LogP contribution in [0.1, 0.15) is 36.2 Å². The van der Waals surface area contributed by atoms with E-state index in [1.54, 1.807) is 0 Å². The van der Waals surface area contributed by atoms with Crippen molar-refractivity contribution in [2.75, 3.05) is 6.61 Å². The van der Waals surface area contributed by atoms with Gasteiger partial charge >= 0.3 is 0 Å². The molecule has 0 aliphatic heterocycles. The van der Waals surface area contributed by atoms with E-state index in [4.69, 9.17) is 5.11 Å². The number of aldehydes is 1. The van der Waals surface area contributed by atoms with Crippen molar-refractivity contribution in [2.24, 2.45) is 0 Å². The van der Waals surface area contributed by atoms with Crippen molar-refractivity contribution in [3.8, 4) is 0 Å². The Balaban J connectivity index is 2.21. The number of aliphatic hydroxyl groups excluding tert-OH is 1. The molecule has 1 N–H and O–H groups in total. The fourth-order valence-electron chi connectivity index (χ4n) is 1.49. The first-order valence-electron chi connectivity index (χ1n) is 5.09. The lowest BCUT2D eigenvalue weighted by Gasteiger charge is -2.04. The average molecular weight is 195 g/mol. The van der Waals surface area contributed by atoms with Gasteiger partial charge in [0.15, 0.2) is 6.29 Å². The van der Waals surface area contributed by atoms with Crippen LogP contribution >= 0.6 is 0 Å². The van der Waals surface area contributed by atoms with Gasteiger partial charge in [-0.3, -0.25) is 4.79 Å². The van der Waals surface area contributed by atoms with Crippen LogP contribution in [0.3, 0.4) is 0 Å². The van der Waals surface area contributed by atoms with E-state index in [0.717, 1.165) is 44.2 Å². The number of rotatable bonds is 7. The Hall–Kier alpha value is -1.09. The van der Waals surface area contributed by atoms with Crippen LogP contribution in [0.2, 0.25) is 0 Å². The third-order valence-corrected chi connectivity index (χ3v) is 2.29. The fraction of sp³-hybridized carbons (Fsp3) is 0.545. The van der Waals surface area contributed by atoms with Gasteiger partial charge in [0.1, 0.15) is 0 Å². The molecule has 0 spiro atoms. The second kappa shape index (κ2) is 6.38. The first-order valence-corrected chi connectivity index (χ1v) is 5.09. The zero-order valence-corrected chi connectivity index (χ0v) is 8.35. The highest BCUT2D eigenvalue weighted by molar-refractivity contribution is 5.72. The summed E-state index contributed by atoms with van der Waals surface area (Å²) in [5.74, 6) is 0. The van der Waals surface area contributed by atoms with E-state index in [1.807, 2.05) is 22.9 Å². The minimum Gasteiger partial charge on any atom is -0.396 e. The van der Waals surface area contributed by atoms with Gasteiger partial charge in [0.2, 0.25) is 0 Å². The summed E-state index contributed by atoms with van der Waals surface area (Å²) < 4.78 is 1.96. The van der Waals surface area contributed by atoms with Crippen LogP contribution in [-0.4, -0.2) is 22.6 Å². The van der Waals surface area contributed by atoms with E-state index in [9.17, 15) is 4.79 Å². The summed E-state index contributed by atoms with van der Waals surface area (Å²) in [4.78, 5) is 10.6. The Morgan fingerprint density at radius 3 is 2.79 bits per heavy atom. The molecule has 1 rings (SSSR count). The number of carbonyl (C=O) groups is 1. The number of aryl methyl sites for hydroxylation is 1. The third-order valence-electron chi connectivity index (χ3n) is 2.29. The summed E-state index contributed by atoms with van der Waals surface area (Å²) in [7, 11) is 0. The Labute approximate surface area is 84.4 Å². The second-order valence-corrected chi connectivity index (χ2v) is 3.38. The normalized spacial score (nSPS) is 10.4. The van der Waals surface area contributed by atoms with Gasteiger partial charge in [0, 0.05) is 19.3 Å². The summed E-state index contributed by atoms with van der Waals surface area (Å²) in [6.07, 6.45) is 6.93. The molecule has 0 bridgehead atoms. The maximum absolute atomic E-state index is 10.6. The van der Waals surface area contributed by atoms with Crippen LogP contribution in [-0.2, 0) is 6.54 Å². The molecule has 0 saturated heterocycles. The molecule has 0 fully saturated rings. The van der Waals surface area contributed by atoms with Gasteiger partial charge in [0.05, 0.1) is 5.69 Å². The molecule has 0 amide bonds. The van der Waals surface area contributed by atoms with Gasteiger partial charge in [-0.05, 0) is 25.0 Å². The molecule has 0 radical (unpaired) electrons. The van der Waals surface area contributed by atoms with Crippen LogP contribution < -0.4 is 0 Å². The van der Waals surface area contributed by atoms with Crippen molar-refractivity contribution in [3.63, 3.8) is 0 Å². The number of carbonyl (C=O) groups excluding carboxylic acids is 1. The zero-order chi connectivity index (χ0) is 10.2. The number of aromatic nitrogens is 1. The Kier molecular flexibility index (Phi) is 5.00. The van der Waals surface area contributed by atoms with E-state index in [2.05, 4.69) is 0 Å². The summed E-state index contributed by atoms with van der Waals surface area (Å²) in [5.41, 5.74) is 0.743. The number of unbranched alkanes of at least 4 members (excludes halogenated alkanes) is 3. The monoisotopic (exact) mass is 195 g/mol. The Bertz CT molecular complexity index is 268. The summed E-state index contributed by atoms with van der Waals surface area (Å²) >= 11 is 0. The zero-order valence-electron chi connectivity index (χ0n) is 8.35. The molecule has 3 heteroatoms. The minimum absolute atomic E-state index is 0.281. The number of nitrogens with zero attached hydrogens (tertiary/aromatic N) is 1. The highest BCUT2D eigenvalue weighted by Gasteiger charge is 1.97. The Morgan fingerprint density at radius 1 is 1.29 bits per heavy atom. The number of hydrogen-bond donors (Lipinski definition) is 1. The molecular weight excluding hydrogens is 178 g/mol. The predicted octanol–water partition coefficient (Wildman–Crippen LogP) is 1.85. The van der Waals surface area contributed by atoms with Crippen LogP contribution in [0.25, 0.3) is 0 Å². The van der Waals surface area contributed by atoms with Crippen LogP contribution in [0, 0.1) is 0 Å². The van der Waals surface area contributed by atoms with Crippen LogP contribution in [0.5, 0.6) is 0 Å². The lowest BCUT2D eigenvalue weighted by molar-refractivity contribution is 0.111. The van der Waals surface area contributed by atoms with E-state index < -0.39 is 0 Å². The molecule has 1 aromatic rings. The average Bonchev–Trinajstić information content (AvgIpc) is 2.65. The SMILES string of the molecule is O=Cc1cccn1CCCCCCO.